The van der Waals surface area contributed by atoms with Crippen LogP contribution in [0.3, 0.4) is 0 Å². The zero-order valence-corrected chi connectivity index (χ0v) is 24.1. The molecule has 0 fully saturated rings. The van der Waals surface area contributed by atoms with Crippen molar-refractivity contribution < 1.29 is 8.83 Å². The van der Waals surface area contributed by atoms with Crippen molar-refractivity contribution in [3.05, 3.63) is 146 Å². The predicted molar refractivity (Wildman–Crippen MR) is 184 cm³/mol. The van der Waals surface area contributed by atoms with Crippen LogP contribution in [0.4, 0.5) is 0 Å². The van der Waals surface area contributed by atoms with Crippen LogP contribution in [0.2, 0.25) is 0 Å². The summed E-state index contributed by atoms with van der Waals surface area (Å²) in [7, 11) is 0. The summed E-state index contributed by atoms with van der Waals surface area (Å²) in [4.78, 5) is 4.94. The molecule has 4 heteroatoms. The van der Waals surface area contributed by atoms with Crippen LogP contribution in [0, 0.1) is 0 Å². The van der Waals surface area contributed by atoms with E-state index in [1.807, 2.05) is 30.3 Å². The molecule has 0 aliphatic carbocycles. The van der Waals surface area contributed by atoms with Crippen molar-refractivity contribution in [1.82, 2.24) is 9.55 Å². The first-order valence-corrected chi connectivity index (χ1v) is 15.1. The van der Waals surface area contributed by atoms with Gasteiger partial charge in [-0.25, -0.2) is 4.98 Å². The Morgan fingerprint density at radius 1 is 0.467 bits per heavy atom. The van der Waals surface area contributed by atoms with Gasteiger partial charge in [0.15, 0.2) is 5.58 Å². The summed E-state index contributed by atoms with van der Waals surface area (Å²) in [5, 5.41) is 7.02. The molecule has 3 aromatic heterocycles. The van der Waals surface area contributed by atoms with Gasteiger partial charge in [0.25, 0.3) is 0 Å². The van der Waals surface area contributed by atoms with E-state index in [1.54, 1.807) is 0 Å². The fourth-order valence-corrected chi connectivity index (χ4v) is 6.93. The van der Waals surface area contributed by atoms with Crippen molar-refractivity contribution in [2.24, 2.45) is 0 Å². The maximum Gasteiger partial charge on any atom is 0.227 e. The van der Waals surface area contributed by atoms with Crippen LogP contribution < -0.4 is 0 Å². The number of benzene rings is 7. The molecule has 0 radical (unpaired) electrons. The van der Waals surface area contributed by atoms with E-state index in [1.165, 1.54) is 32.6 Å². The van der Waals surface area contributed by atoms with Crippen LogP contribution in [0.25, 0.3) is 93.9 Å². The molecule has 10 rings (SSSR count). The molecule has 0 atom stereocenters. The summed E-state index contributed by atoms with van der Waals surface area (Å²) < 4.78 is 14.7. The summed E-state index contributed by atoms with van der Waals surface area (Å²) in [6.45, 7) is 0. The smallest absolute Gasteiger partial charge is 0.227 e. The molecule has 0 aliphatic rings. The van der Waals surface area contributed by atoms with Crippen LogP contribution in [0.5, 0.6) is 0 Å². The maximum absolute atomic E-state index is 6.26. The van der Waals surface area contributed by atoms with E-state index >= 15 is 0 Å². The highest BCUT2D eigenvalue weighted by molar-refractivity contribution is 6.19. The molecule has 0 unspecified atom stereocenters. The predicted octanol–water partition coefficient (Wildman–Crippen LogP) is 11.3. The molecule has 4 nitrogen and oxygen atoms in total. The third-order valence-electron chi connectivity index (χ3n) is 9.03. The van der Waals surface area contributed by atoms with Gasteiger partial charge in [-0.3, -0.25) is 0 Å². The van der Waals surface area contributed by atoms with Crippen molar-refractivity contribution in [1.29, 1.82) is 0 Å². The summed E-state index contributed by atoms with van der Waals surface area (Å²) in [6, 6.07) is 51.0. The molecule has 3 heterocycles. The zero-order valence-electron chi connectivity index (χ0n) is 24.1. The Hall–Kier alpha value is -6.13. The van der Waals surface area contributed by atoms with E-state index in [0.29, 0.717) is 5.89 Å². The van der Waals surface area contributed by atoms with Gasteiger partial charge in [-0.2, -0.15) is 0 Å². The molecule has 210 valence electrons. The second-order valence-corrected chi connectivity index (χ2v) is 11.6. The first-order valence-electron chi connectivity index (χ1n) is 15.1. The monoisotopic (exact) mass is 576 g/mol. The van der Waals surface area contributed by atoms with Gasteiger partial charge in [-0.15, -0.1) is 0 Å². The largest absolute Gasteiger partial charge is 0.456 e. The lowest BCUT2D eigenvalue weighted by Gasteiger charge is -2.10. The first-order chi connectivity index (χ1) is 22.3. The van der Waals surface area contributed by atoms with Crippen molar-refractivity contribution in [3.63, 3.8) is 0 Å². The van der Waals surface area contributed by atoms with Crippen LogP contribution in [0.1, 0.15) is 0 Å². The Bertz CT molecular complexity index is 2750. The number of furan rings is 1. The highest BCUT2D eigenvalue weighted by Crippen LogP contribution is 2.39. The molecule has 0 spiro atoms. The minimum atomic E-state index is 0.598. The SMILES string of the molecule is c1ccc(-n2c3cc(-c4ccc(-c5nc6c(ccc7oc8ccccc8c76)o5)cc4)ccc3c3ccc4ccccc4c32)cc1. The van der Waals surface area contributed by atoms with Crippen molar-refractivity contribution in [3.8, 4) is 28.3 Å². The second kappa shape index (κ2) is 9.18. The van der Waals surface area contributed by atoms with Gasteiger partial charge < -0.3 is 13.4 Å². The van der Waals surface area contributed by atoms with Gasteiger partial charge in [0, 0.05) is 32.8 Å². The Morgan fingerprint density at radius 3 is 2.07 bits per heavy atom. The molecule has 0 amide bonds. The highest BCUT2D eigenvalue weighted by atomic mass is 16.4. The number of aromatic nitrogens is 2. The molecular weight excluding hydrogens is 552 g/mol. The molecule has 0 saturated heterocycles. The third kappa shape index (κ3) is 3.57. The molecule has 10 aromatic rings. The fourth-order valence-electron chi connectivity index (χ4n) is 6.93. The number of rotatable bonds is 3. The standard InChI is InChI=1S/C41H24N2O2/c1-2-9-29(10-3-1)43-34-24-28(19-20-31(34)32-21-18-26-8-4-5-11-30(26)40(32)43)25-14-16-27(17-15-25)41-42-39-37(45-41)23-22-36-38(39)33-12-6-7-13-35(33)44-36/h1-24H. The van der Waals surface area contributed by atoms with Crippen LogP contribution in [0.15, 0.2) is 154 Å². The topological polar surface area (TPSA) is 44.1 Å². The first kappa shape index (κ1) is 24.3. The summed E-state index contributed by atoms with van der Waals surface area (Å²) in [5.41, 5.74) is 10.0. The van der Waals surface area contributed by atoms with E-state index in [0.717, 1.165) is 55.4 Å². The average Bonchev–Trinajstić information content (AvgIpc) is 3.80. The number of nitrogens with zero attached hydrogens (tertiary/aromatic N) is 2. The van der Waals surface area contributed by atoms with Gasteiger partial charge in [-0.1, -0.05) is 97.1 Å². The number of hydrogen-bond donors (Lipinski definition) is 0. The average molecular weight is 577 g/mol. The molecule has 0 saturated carbocycles. The van der Waals surface area contributed by atoms with E-state index in [2.05, 4.69) is 120 Å². The number of fused-ring (bicyclic) bond motifs is 10. The van der Waals surface area contributed by atoms with Gasteiger partial charge in [0.2, 0.25) is 5.89 Å². The molecule has 0 bridgehead atoms. The lowest BCUT2D eigenvalue weighted by Crippen LogP contribution is -1.94. The maximum atomic E-state index is 6.26. The lowest BCUT2D eigenvalue weighted by molar-refractivity contribution is 0.619. The Morgan fingerprint density at radius 2 is 1.18 bits per heavy atom. The Balaban J connectivity index is 1.11. The Kier molecular flexibility index (Phi) is 4.96. The van der Waals surface area contributed by atoms with E-state index in [4.69, 9.17) is 13.8 Å². The van der Waals surface area contributed by atoms with Crippen LogP contribution in [-0.2, 0) is 0 Å². The van der Waals surface area contributed by atoms with E-state index in [9.17, 15) is 0 Å². The normalized spacial score (nSPS) is 12.0. The highest BCUT2D eigenvalue weighted by Gasteiger charge is 2.18. The quantitative estimate of drug-likeness (QED) is 0.210. The summed E-state index contributed by atoms with van der Waals surface area (Å²) >= 11 is 0. The fraction of sp³-hybridized carbons (Fsp3) is 0. The molecule has 0 N–H and O–H groups in total. The van der Waals surface area contributed by atoms with Gasteiger partial charge >= 0.3 is 0 Å². The van der Waals surface area contributed by atoms with Gasteiger partial charge in [0.1, 0.15) is 16.7 Å². The van der Waals surface area contributed by atoms with E-state index < -0.39 is 0 Å². The van der Waals surface area contributed by atoms with Crippen molar-refractivity contribution in [2.75, 3.05) is 0 Å². The molecule has 45 heavy (non-hydrogen) atoms. The minimum Gasteiger partial charge on any atom is -0.456 e. The van der Waals surface area contributed by atoms with Crippen LogP contribution in [-0.4, -0.2) is 9.55 Å². The minimum absolute atomic E-state index is 0.598. The molecular formula is C41H24N2O2. The number of oxazole rings is 1. The van der Waals surface area contributed by atoms with Gasteiger partial charge in [0.05, 0.1) is 16.4 Å². The van der Waals surface area contributed by atoms with Gasteiger partial charge in [-0.05, 0) is 65.0 Å². The Labute approximate surface area is 257 Å². The third-order valence-corrected chi connectivity index (χ3v) is 9.03. The van der Waals surface area contributed by atoms with E-state index in [-0.39, 0.29) is 0 Å². The zero-order chi connectivity index (χ0) is 29.5. The van der Waals surface area contributed by atoms with Crippen molar-refractivity contribution in [2.45, 2.75) is 0 Å². The van der Waals surface area contributed by atoms with Crippen molar-refractivity contribution >= 4 is 65.6 Å². The lowest BCUT2D eigenvalue weighted by atomic mass is 10.0. The summed E-state index contributed by atoms with van der Waals surface area (Å²) in [6.07, 6.45) is 0. The molecule has 7 aromatic carbocycles. The summed E-state index contributed by atoms with van der Waals surface area (Å²) in [5.74, 6) is 0.598. The number of hydrogen-bond acceptors (Lipinski definition) is 3. The van der Waals surface area contributed by atoms with Crippen LogP contribution >= 0.6 is 0 Å². The number of para-hydroxylation sites is 2. The molecule has 0 aliphatic heterocycles. The second-order valence-electron chi connectivity index (χ2n) is 11.6.